The summed E-state index contributed by atoms with van der Waals surface area (Å²) in [7, 11) is 0. The summed E-state index contributed by atoms with van der Waals surface area (Å²) in [6.45, 7) is 2.19. The van der Waals surface area contributed by atoms with Crippen LogP contribution < -0.4 is 10.6 Å². The van der Waals surface area contributed by atoms with Crippen LogP contribution in [0, 0.1) is 17.5 Å². The van der Waals surface area contributed by atoms with Crippen LogP contribution >= 0.6 is 0 Å². The van der Waals surface area contributed by atoms with Crippen molar-refractivity contribution in [2.45, 2.75) is 6.92 Å². The standard InChI is InChI=1S/C15H13F3N2O/c1-2-19-14-12(4-3-5-13(14)18)15(21)20-11-7-9(16)6-10(17)8-11/h3-8,19H,2H2,1H3,(H,20,21). The summed E-state index contributed by atoms with van der Waals surface area (Å²) in [6.07, 6.45) is 0. The number of hydrogen-bond donors (Lipinski definition) is 2. The third-order valence-corrected chi connectivity index (χ3v) is 2.73. The molecule has 0 radical (unpaired) electrons. The lowest BCUT2D eigenvalue weighted by Gasteiger charge is -2.12. The van der Waals surface area contributed by atoms with Crippen molar-refractivity contribution in [1.29, 1.82) is 0 Å². The summed E-state index contributed by atoms with van der Waals surface area (Å²) in [5, 5.41) is 5.09. The first-order chi connectivity index (χ1) is 10.0. The van der Waals surface area contributed by atoms with Gasteiger partial charge in [-0.15, -0.1) is 0 Å². The molecule has 1 amide bonds. The maximum Gasteiger partial charge on any atom is 0.257 e. The number of anilines is 2. The summed E-state index contributed by atoms with van der Waals surface area (Å²) in [4.78, 5) is 12.1. The minimum absolute atomic E-state index is 0.0378. The van der Waals surface area contributed by atoms with E-state index in [2.05, 4.69) is 10.6 Å². The van der Waals surface area contributed by atoms with Gasteiger partial charge in [0.25, 0.3) is 5.91 Å². The SMILES string of the molecule is CCNc1c(F)cccc1C(=O)Nc1cc(F)cc(F)c1. The van der Waals surface area contributed by atoms with E-state index < -0.39 is 23.4 Å². The Labute approximate surface area is 119 Å². The molecule has 0 saturated heterocycles. The molecular formula is C15H13F3N2O. The van der Waals surface area contributed by atoms with E-state index >= 15 is 0 Å². The van der Waals surface area contributed by atoms with Crippen molar-refractivity contribution in [3.63, 3.8) is 0 Å². The number of para-hydroxylation sites is 1. The summed E-state index contributed by atoms with van der Waals surface area (Å²) >= 11 is 0. The van der Waals surface area contributed by atoms with Crippen LogP contribution in [0.3, 0.4) is 0 Å². The summed E-state index contributed by atoms with van der Waals surface area (Å²) in [5.41, 5.74) is 0.0695. The molecule has 0 saturated carbocycles. The van der Waals surface area contributed by atoms with Crippen molar-refractivity contribution in [2.75, 3.05) is 17.2 Å². The normalized spacial score (nSPS) is 10.3. The highest BCUT2D eigenvalue weighted by Crippen LogP contribution is 2.21. The molecule has 0 fully saturated rings. The minimum atomic E-state index is -0.809. The molecule has 0 heterocycles. The summed E-state index contributed by atoms with van der Waals surface area (Å²) < 4.78 is 39.9. The van der Waals surface area contributed by atoms with E-state index in [9.17, 15) is 18.0 Å². The first-order valence-electron chi connectivity index (χ1n) is 6.31. The van der Waals surface area contributed by atoms with Crippen molar-refractivity contribution in [3.05, 3.63) is 59.4 Å². The first-order valence-corrected chi connectivity index (χ1v) is 6.31. The second-order valence-electron chi connectivity index (χ2n) is 4.30. The zero-order valence-corrected chi connectivity index (χ0v) is 11.2. The van der Waals surface area contributed by atoms with Crippen LogP contribution in [-0.2, 0) is 0 Å². The van der Waals surface area contributed by atoms with E-state index in [1.165, 1.54) is 18.2 Å². The van der Waals surface area contributed by atoms with Crippen LogP contribution in [0.4, 0.5) is 24.5 Å². The van der Waals surface area contributed by atoms with E-state index in [0.717, 1.165) is 12.1 Å². The lowest BCUT2D eigenvalue weighted by molar-refractivity contribution is 0.102. The van der Waals surface area contributed by atoms with Gasteiger partial charge in [-0.05, 0) is 31.2 Å². The maximum atomic E-state index is 13.7. The Morgan fingerprint density at radius 2 is 1.76 bits per heavy atom. The van der Waals surface area contributed by atoms with Gasteiger partial charge in [0.15, 0.2) is 0 Å². The van der Waals surface area contributed by atoms with Gasteiger partial charge >= 0.3 is 0 Å². The predicted octanol–water partition coefficient (Wildman–Crippen LogP) is 3.79. The summed E-state index contributed by atoms with van der Waals surface area (Å²) in [5.74, 6) is -2.85. The van der Waals surface area contributed by atoms with Crippen molar-refractivity contribution in [3.8, 4) is 0 Å². The summed E-state index contributed by atoms with van der Waals surface area (Å²) in [6, 6.07) is 6.68. The molecule has 0 aliphatic heterocycles. The Morgan fingerprint density at radius 1 is 1.10 bits per heavy atom. The van der Waals surface area contributed by atoms with E-state index in [0.29, 0.717) is 12.6 Å². The molecular weight excluding hydrogens is 281 g/mol. The molecule has 0 aliphatic rings. The minimum Gasteiger partial charge on any atom is -0.382 e. The predicted molar refractivity (Wildman–Crippen MR) is 74.9 cm³/mol. The van der Waals surface area contributed by atoms with Gasteiger partial charge in [-0.25, -0.2) is 13.2 Å². The van der Waals surface area contributed by atoms with E-state index in [1.54, 1.807) is 6.92 Å². The number of halogens is 3. The highest BCUT2D eigenvalue weighted by atomic mass is 19.1. The average molecular weight is 294 g/mol. The fraction of sp³-hybridized carbons (Fsp3) is 0.133. The number of hydrogen-bond acceptors (Lipinski definition) is 2. The fourth-order valence-electron chi connectivity index (χ4n) is 1.89. The monoisotopic (exact) mass is 294 g/mol. The van der Waals surface area contributed by atoms with Crippen LogP contribution in [0.15, 0.2) is 36.4 Å². The highest BCUT2D eigenvalue weighted by molar-refractivity contribution is 6.08. The second kappa shape index (κ2) is 6.30. The Hall–Kier alpha value is -2.50. The van der Waals surface area contributed by atoms with Crippen molar-refractivity contribution in [2.24, 2.45) is 0 Å². The molecule has 0 bridgehead atoms. The molecule has 110 valence electrons. The Kier molecular flexibility index (Phi) is 4.47. The van der Waals surface area contributed by atoms with Crippen molar-refractivity contribution in [1.82, 2.24) is 0 Å². The number of amides is 1. The number of benzene rings is 2. The molecule has 6 heteroatoms. The highest BCUT2D eigenvalue weighted by Gasteiger charge is 2.15. The molecule has 21 heavy (non-hydrogen) atoms. The van der Waals surface area contributed by atoms with Gasteiger partial charge in [-0.1, -0.05) is 6.07 Å². The molecule has 0 atom stereocenters. The van der Waals surface area contributed by atoms with Crippen LogP contribution in [0.5, 0.6) is 0 Å². The van der Waals surface area contributed by atoms with E-state index in [4.69, 9.17) is 0 Å². The molecule has 0 spiro atoms. The molecule has 2 N–H and O–H groups in total. The quantitative estimate of drug-likeness (QED) is 0.900. The van der Waals surface area contributed by atoms with E-state index in [-0.39, 0.29) is 16.9 Å². The lowest BCUT2D eigenvalue weighted by Crippen LogP contribution is -2.16. The zero-order valence-electron chi connectivity index (χ0n) is 11.2. The average Bonchev–Trinajstić information content (AvgIpc) is 2.40. The fourth-order valence-corrected chi connectivity index (χ4v) is 1.89. The molecule has 0 aliphatic carbocycles. The van der Waals surface area contributed by atoms with Crippen molar-refractivity contribution < 1.29 is 18.0 Å². The number of rotatable bonds is 4. The van der Waals surface area contributed by atoms with Gasteiger partial charge in [0, 0.05) is 18.3 Å². The van der Waals surface area contributed by atoms with Crippen LogP contribution in [0.1, 0.15) is 17.3 Å². The Morgan fingerprint density at radius 3 is 2.38 bits per heavy atom. The third kappa shape index (κ3) is 3.53. The molecule has 2 rings (SSSR count). The van der Waals surface area contributed by atoms with Gasteiger partial charge in [0.1, 0.15) is 17.5 Å². The van der Waals surface area contributed by atoms with E-state index in [1.807, 2.05) is 0 Å². The second-order valence-corrected chi connectivity index (χ2v) is 4.30. The number of carbonyl (C=O) groups is 1. The van der Waals surface area contributed by atoms with Gasteiger partial charge in [0.05, 0.1) is 11.3 Å². The smallest absolute Gasteiger partial charge is 0.257 e. The zero-order chi connectivity index (χ0) is 15.4. The Balaban J connectivity index is 2.30. The van der Waals surface area contributed by atoms with Crippen LogP contribution in [0.25, 0.3) is 0 Å². The maximum absolute atomic E-state index is 13.7. The van der Waals surface area contributed by atoms with Crippen molar-refractivity contribution >= 4 is 17.3 Å². The van der Waals surface area contributed by atoms with Crippen LogP contribution in [0.2, 0.25) is 0 Å². The third-order valence-electron chi connectivity index (χ3n) is 2.73. The van der Waals surface area contributed by atoms with Crippen LogP contribution in [-0.4, -0.2) is 12.5 Å². The molecule has 0 aromatic heterocycles. The lowest BCUT2D eigenvalue weighted by atomic mass is 10.1. The van der Waals surface area contributed by atoms with Gasteiger partial charge in [-0.2, -0.15) is 0 Å². The van der Waals surface area contributed by atoms with Gasteiger partial charge in [-0.3, -0.25) is 4.79 Å². The number of nitrogens with one attached hydrogen (secondary N) is 2. The largest absolute Gasteiger partial charge is 0.382 e. The molecule has 3 nitrogen and oxygen atoms in total. The van der Waals surface area contributed by atoms with Gasteiger partial charge in [0.2, 0.25) is 0 Å². The topological polar surface area (TPSA) is 41.1 Å². The van der Waals surface area contributed by atoms with Gasteiger partial charge < -0.3 is 10.6 Å². The number of carbonyl (C=O) groups excluding carboxylic acids is 1. The first kappa shape index (κ1) is 14.9. The molecule has 2 aromatic carbocycles. The molecule has 0 unspecified atom stereocenters. The molecule has 2 aromatic rings. The Bertz CT molecular complexity index is 654.